The molecule has 9 nitrogen and oxygen atoms in total. The zero-order chi connectivity index (χ0) is 19.5. The van der Waals surface area contributed by atoms with Crippen molar-refractivity contribution in [1.82, 2.24) is 29.8 Å². The average Bonchev–Trinajstić information content (AvgIpc) is 3.13. The van der Waals surface area contributed by atoms with Crippen LogP contribution in [0, 0.1) is 0 Å². The van der Waals surface area contributed by atoms with Crippen LogP contribution in [0.25, 0.3) is 11.0 Å². The van der Waals surface area contributed by atoms with Crippen LogP contribution in [0.2, 0.25) is 0 Å². The lowest BCUT2D eigenvalue weighted by Gasteiger charge is -2.07. The van der Waals surface area contributed by atoms with Crippen LogP contribution in [0.15, 0.2) is 64.4 Å². The topological polar surface area (TPSA) is 126 Å². The van der Waals surface area contributed by atoms with Crippen LogP contribution in [0.1, 0.15) is 21.9 Å². The lowest BCUT2D eigenvalue weighted by atomic mass is 10.3. The number of aromatic amines is 2. The van der Waals surface area contributed by atoms with Crippen LogP contribution < -0.4 is 16.6 Å². The summed E-state index contributed by atoms with van der Waals surface area (Å²) in [5, 5.41) is 2.64. The molecule has 0 atom stereocenters. The molecule has 3 heterocycles. The molecule has 4 rings (SSSR count). The number of amides is 1. The number of nitrogens with one attached hydrogen (secondary N) is 3. The molecular weight excluding hydrogens is 360 g/mol. The van der Waals surface area contributed by atoms with E-state index < -0.39 is 17.2 Å². The van der Waals surface area contributed by atoms with Crippen molar-refractivity contribution in [3.63, 3.8) is 0 Å². The summed E-state index contributed by atoms with van der Waals surface area (Å²) in [6, 6.07) is 12.7. The van der Waals surface area contributed by atoms with Gasteiger partial charge in [0.05, 0.1) is 29.8 Å². The van der Waals surface area contributed by atoms with Crippen LogP contribution >= 0.6 is 0 Å². The van der Waals surface area contributed by atoms with Crippen molar-refractivity contribution in [2.45, 2.75) is 13.1 Å². The Morgan fingerprint density at radius 1 is 1.11 bits per heavy atom. The first-order valence-corrected chi connectivity index (χ1v) is 8.56. The molecule has 0 aliphatic heterocycles. The quantitative estimate of drug-likeness (QED) is 0.475. The van der Waals surface area contributed by atoms with Gasteiger partial charge in [-0.05, 0) is 24.3 Å². The van der Waals surface area contributed by atoms with Crippen LogP contribution in [0.4, 0.5) is 0 Å². The highest BCUT2D eigenvalue weighted by atomic mass is 16.2. The van der Waals surface area contributed by atoms with Gasteiger partial charge in [0.15, 0.2) is 0 Å². The van der Waals surface area contributed by atoms with Gasteiger partial charge in [0.2, 0.25) is 0 Å². The standard InChI is InChI=1S/C19H16N6O3/c26-17(21-10-16-23-14-6-1-2-7-15(14)24-16)13-9-22-19(28)25(18(13)27)11-12-5-3-4-8-20-12/h1-9H,10-11H2,(H,21,26)(H,22,28)(H,23,24). The predicted molar refractivity (Wildman–Crippen MR) is 102 cm³/mol. The van der Waals surface area contributed by atoms with E-state index in [1.165, 1.54) is 0 Å². The summed E-state index contributed by atoms with van der Waals surface area (Å²) in [6.07, 6.45) is 2.69. The number of H-pyrrole nitrogens is 2. The van der Waals surface area contributed by atoms with Gasteiger partial charge in [-0.25, -0.2) is 9.78 Å². The highest BCUT2D eigenvalue weighted by Crippen LogP contribution is 2.09. The molecule has 140 valence electrons. The van der Waals surface area contributed by atoms with Gasteiger partial charge in [0.25, 0.3) is 11.5 Å². The Bertz CT molecular complexity index is 1220. The number of hydrogen-bond acceptors (Lipinski definition) is 5. The molecule has 0 bridgehead atoms. The van der Waals surface area contributed by atoms with Gasteiger partial charge in [-0.1, -0.05) is 18.2 Å². The highest BCUT2D eigenvalue weighted by molar-refractivity contribution is 5.93. The summed E-state index contributed by atoms with van der Waals surface area (Å²) >= 11 is 0. The molecule has 0 aliphatic rings. The fraction of sp³-hybridized carbons (Fsp3) is 0.105. The molecule has 3 aromatic heterocycles. The molecule has 1 aromatic carbocycles. The normalized spacial score (nSPS) is 10.9. The Hall–Kier alpha value is -4.01. The van der Waals surface area contributed by atoms with Crippen molar-refractivity contribution in [3.8, 4) is 0 Å². The predicted octanol–water partition coefficient (Wildman–Crippen LogP) is 0.786. The average molecular weight is 376 g/mol. The number of imidazole rings is 1. The first kappa shape index (κ1) is 17.4. The molecular formula is C19H16N6O3. The molecule has 4 aromatic rings. The minimum Gasteiger partial charge on any atom is -0.345 e. The van der Waals surface area contributed by atoms with Gasteiger partial charge >= 0.3 is 5.69 Å². The summed E-state index contributed by atoms with van der Waals surface area (Å²) < 4.78 is 0.943. The van der Waals surface area contributed by atoms with Crippen LogP contribution in [-0.4, -0.2) is 30.4 Å². The van der Waals surface area contributed by atoms with Crippen molar-refractivity contribution >= 4 is 16.9 Å². The first-order valence-electron chi connectivity index (χ1n) is 8.56. The zero-order valence-electron chi connectivity index (χ0n) is 14.7. The second kappa shape index (κ2) is 7.31. The van der Waals surface area contributed by atoms with E-state index in [2.05, 4.69) is 25.3 Å². The number of carbonyl (C=O) groups excluding carboxylic acids is 1. The molecule has 0 spiro atoms. The number of carbonyl (C=O) groups is 1. The molecule has 1 amide bonds. The number of fused-ring (bicyclic) bond motifs is 1. The van der Waals surface area contributed by atoms with Crippen LogP contribution in [-0.2, 0) is 13.1 Å². The van der Waals surface area contributed by atoms with E-state index >= 15 is 0 Å². The lowest BCUT2D eigenvalue weighted by molar-refractivity contribution is 0.0947. The maximum Gasteiger partial charge on any atom is 0.328 e. The minimum absolute atomic E-state index is 0.0281. The molecule has 3 N–H and O–H groups in total. The SMILES string of the molecule is O=C(NCc1nc2ccccc2[nH]1)c1c[nH]c(=O)n(Cc2ccccn2)c1=O. The van der Waals surface area contributed by atoms with E-state index in [1.807, 2.05) is 24.3 Å². The molecule has 0 aliphatic carbocycles. The molecule has 9 heteroatoms. The van der Waals surface area contributed by atoms with Crippen molar-refractivity contribution in [1.29, 1.82) is 0 Å². The number of pyridine rings is 1. The van der Waals surface area contributed by atoms with E-state index in [1.54, 1.807) is 24.4 Å². The minimum atomic E-state index is -0.684. The zero-order valence-corrected chi connectivity index (χ0v) is 14.7. The fourth-order valence-electron chi connectivity index (χ4n) is 2.82. The number of para-hydroxylation sites is 2. The van der Waals surface area contributed by atoms with E-state index in [4.69, 9.17) is 0 Å². The number of nitrogens with zero attached hydrogens (tertiary/aromatic N) is 3. The van der Waals surface area contributed by atoms with Gasteiger partial charge in [-0.2, -0.15) is 0 Å². The van der Waals surface area contributed by atoms with Crippen LogP contribution in [0.3, 0.4) is 0 Å². The molecule has 0 radical (unpaired) electrons. The molecule has 0 fully saturated rings. The van der Waals surface area contributed by atoms with Gasteiger partial charge in [-0.3, -0.25) is 19.1 Å². The second-order valence-corrected chi connectivity index (χ2v) is 6.10. The van der Waals surface area contributed by atoms with Gasteiger partial charge in [0.1, 0.15) is 11.4 Å². The smallest absolute Gasteiger partial charge is 0.328 e. The fourth-order valence-corrected chi connectivity index (χ4v) is 2.82. The Morgan fingerprint density at radius 3 is 2.71 bits per heavy atom. The second-order valence-electron chi connectivity index (χ2n) is 6.10. The van der Waals surface area contributed by atoms with E-state index in [9.17, 15) is 14.4 Å². The molecule has 0 unspecified atom stereocenters. The van der Waals surface area contributed by atoms with Crippen molar-refractivity contribution < 1.29 is 4.79 Å². The van der Waals surface area contributed by atoms with Gasteiger partial charge in [0, 0.05) is 12.4 Å². The summed E-state index contributed by atoms with van der Waals surface area (Å²) in [5.74, 6) is -0.0377. The van der Waals surface area contributed by atoms with Gasteiger partial charge in [-0.15, -0.1) is 0 Å². The third-order valence-electron chi connectivity index (χ3n) is 4.21. The van der Waals surface area contributed by atoms with Crippen LogP contribution in [0.5, 0.6) is 0 Å². The molecule has 0 saturated carbocycles. The summed E-state index contributed by atoms with van der Waals surface area (Å²) in [5.41, 5.74) is 0.726. The van der Waals surface area contributed by atoms with Crippen molar-refractivity contribution in [3.05, 3.63) is 92.8 Å². The van der Waals surface area contributed by atoms with Crippen molar-refractivity contribution in [2.75, 3.05) is 0 Å². The monoisotopic (exact) mass is 376 g/mol. The lowest BCUT2D eigenvalue weighted by Crippen LogP contribution is -2.40. The summed E-state index contributed by atoms with van der Waals surface area (Å²) in [7, 11) is 0. The van der Waals surface area contributed by atoms with E-state index in [-0.39, 0.29) is 18.7 Å². The highest BCUT2D eigenvalue weighted by Gasteiger charge is 2.15. The number of aromatic nitrogens is 5. The Balaban J connectivity index is 1.54. The molecule has 28 heavy (non-hydrogen) atoms. The number of hydrogen-bond donors (Lipinski definition) is 3. The maximum absolute atomic E-state index is 12.6. The first-order chi connectivity index (χ1) is 13.6. The number of rotatable bonds is 5. The third kappa shape index (κ3) is 3.45. The number of benzene rings is 1. The largest absolute Gasteiger partial charge is 0.345 e. The Labute approximate surface area is 158 Å². The van der Waals surface area contributed by atoms with E-state index in [0.29, 0.717) is 11.5 Å². The third-order valence-corrected chi connectivity index (χ3v) is 4.21. The molecule has 0 saturated heterocycles. The Kier molecular flexibility index (Phi) is 4.55. The van der Waals surface area contributed by atoms with Gasteiger partial charge < -0.3 is 15.3 Å². The maximum atomic E-state index is 12.6. The van der Waals surface area contributed by atoms with Crippen molar-refractivity contribution in [2.24, 2.45) is 0 Å². The Morgan fingerprint density at radius 2 is 1.93 bits per heavy atom. The van der Waals surface area contributed by atoms with E-state index in [0.717, 1.165) is 21.8 Å². The summed E-state index contributed by atoms with van der Waals surface area (Å²) in [6.45, 7) is 0.0893. The summed E-state index contributed by atoms with van der Waals surface area (Å²) in [4.78, 5) is 51.1.